The van der Waals surface area contributed by atoms with Gasteiger partial charge in [-0.25, -0.2) is 8.42 Å². The first-order chi connectivity index (χ1) is 13.2. The Morgan fingerprint density at radius 2 is 2.04 bits per heavy atom. The number of fused-ring (bicyclic) bond motifs is 1. The molecule has 1 aliphatic heterocycles. The van der Waals surface area contributed by atoms with Crippen LogP contribution in [0.25, 0.3) is 0 Å². The molecular weight excluding hydrogens is 404 g/mol. The van der Waals surface area contributed by atoms with E-state index in [2.05, 4.69) is 10.6 Å². The van der Waals surface area contributed by atoms with Gasteiger partial charge >= 0.3 is 0 Å². The van der Waals surface area contributed by atoms with Crippen molar-refractivity contribution in [3.05, 3.63) is 47.0 Å². The minimum atomic E-state index is -3.79. The fourth-order valence-electron chi connectivity index (χ4n) is 2.72. The van der Waals surface area contributed by atoms with Gasteiger partial charge in [0.15, 0.2) is 16.4 Å². The molecule has 1 heterocycles. The van der Waals surface area contributed by atoms with E-state index in [9.17, 15) is 18.0 Å². The Labute approximate surface area is 168 Å². The predicted molar refractivity (Wildman–Crippen MR) is 107 cm³/mol. The zero-order valence-electron chi connectivity index (χ0n) is 15.3. The molecule has 148 valence electrons. The summed E-state index contributed by atoms with van der Waals surface area (Å²) in [5.74, 6) is -0.392. The summed E-state index contributed by atoms with van der Waals surface area (Å²) in [5.41, 5.74) is 1.67. The number of aryl methyl sites for hydroxylation is 1. The predicted octanol–water partition coefficient (Wildman–Crippen LogP) is 3.17. The van der Waals surface area contributed by atoms with Crippen LogP contribution in [0.3, 0.4) is 0 Å². The molecule has 1 aliphatic rings. The number of halogens is 1. The topological polar surface area (TPSA) is 102 Å². The van der Waals surface area contributed by atoms with Gasteiger partial charge < -0.3 is 15.4 Å². The zero-order chi connectivity index (χ0) is 20.5. The minimum absolute atomic E-state index is 0.00994. The molecule has 0 unspecified atom stereocenters. The molecule has 2 aromatic carbocycles. The first-order valence-corrected chi connectivity index (χ1v) is 10.5. The molecule has 0 spiro atoms. The van der Waals surface area contributed by atoms with Gasteiger partial charge in [-0.15, -0.1) is 0 Å². The van der Waals surface area contributed by atoms with Gasteiger partial charge in [0.1, 0.15) is 5.75 Å². The van der Waals surface area contributed by atoms with Gasteiger partial charge in [0, 0.05) is 17.1 Å². The molecule has 0 aliphatic carbocycles. The van der Waals surface area contributed by atoms with Crippen LogP contribution >= 0.6 is 11.6 Å². The van der Waals surface area contributed by atoms with E-state index >= 15 is 0 Å². The molecule has 28 heavy (non-hydrogen) atoms. The third-order valence-electron chi connectivity index (χ3n) is 4.37. The molecule has 2 N–H and O–H groups in total. The van der Waals surface area contributed by atoms with Crippen molar-refractivity contribution in [2.24, 2.45) is 0 Å². The largest absolute Gasteiger partial charge is 0.482 e. The van der Waals surface area contributed by atoms with Crippen molar-refractivity contribution in [3.63, 3.8) is 0 Å². The number of nitrogens with one attached hydrogen (secondary N) is 2. The van der Waals surface area contributed by atoms with E-state index in [0.717, 1.165) is 5.56 Å². The van der Waals surface area contributed by atoms with Gasteiger partial charge in [-0.3, -0.25) is 9.59 Å². The van der Waals surface area contributed by atoms with Crippen molar-refractivity contribution in [1.29, 1.82) is 0 Å². The van der Waals surface area contributed by atoms with Crippen LogP contribution < -0.4 is 15.4 Å². The Kier molecular flexibility index (Phi) is 5.62. The first kappa shape index (κ1) is 20.2. The third-order valence-corrected chi connectivity index (χ3v) is 6.91. The standard InChI is InChI=1S/C19H19ClN2O5S/c1-11-3-4-13(8-15(11)20)21-18(23)7-12(2)28(25,26)14-5-6-17-16(9-14)22-19(24)10-27-17/h3-6,8-9,12H,7,10H2,1-2H3,(H,21,23)(H,22,24)/t12-/m1/s1. The molecule has 0 bridgehead atoms. The van der Waals surface area contributed by atoms with E-state index in [4.69, 9.17) is 16.3 Å². The zero-order valence-corrected chi connectivity index (χ0v) is 16.9. The lowest BCUT2D eigenvalue weighted by atomic mass is 10.2. The second-order valence-corrected chi connectivity index (χ2v) is 9.34. The molecule has 7 nitrogen and oxygen atoms in total. The van der Waals surface area contributed by atoms with Crippen molar-refractivity contribution >= 4 is 44.6 Å². The van der Waals surface area contributed by atoms with Gasteiger partial charge in [0.25, 0.3) is 5.91 Å². The van der Waals surface area contributed by atoms with E-state index in [1.807, 2.05) is 6.92 Å². The first-order valence-electron chi connectivity index (χ1n) is 8.53. The van der Waals surface area contributed by atoms with Crippen LogP contribution in [0, 0.1) is 6.92 Å². The third kappa shape index (κ3) is 4.28. The summed E-state index contributed by atoms with van der Waals surface area (Å²) in [6, 6.07) is 9.31. The molecule has 2 aromatic rings. The number of hydrogen-bond acceptors (Lipinski definition) is 5. The summed E-state index contributed by atoms with van der Waals surface area (Å²) in [6.07, 6.45) is -0.228. The van der Waals surface area contributed by atoms with Crippen LogP contribution in [0.4, 0.5) is 11.4 Å². The number of carbonyl (C=O) groups excluding carboxylic acids is 2. The van der Waals surface area contributed by atoms with E-state index in [-0.39, 0.29) is 23.8 Å². The summed E-state index contributed by atoms with van der Waals surface area (Å²) in [5, 5.41) is 4.77. The summed E-state index contributed by atoms with van der Waals surface area (Å²) < 4.78 is 30.9. The van der Waals surface area contributed by atoms with Crippen LogP contribution in [0.2, 0.25) is 5.02 Å². The van der Waals surface area contributed by atoms with Crippen LogP contribution in [0.5, 0.6) is 5.75 Å². The van der Waals surface area contributed by atoms with Crippen LogP contribution in [0.1, 0.15) is 18.9 Å². The SMILES string of the molecule is Cc1ccc(NC(=O)C[C@@H](C)S(=O)(=O)c2ccc3c(c2)NC(=O)CO3)cc1Cl. The van der Waals surface area contributed by atoms with Gasteiger partial charge in [-0.05, 0) is 49.7 Å². The average molecular weight is 423 g/mol. The maximum Gasteiger partial charge on any atom is 0.262 e. The van der Waals surface area contributed by atoms with Gasteiger partial charge in [0.05, 0.1) is 15.8 Å². The monoisotopic (exact) mass is 422 g/mol. The molecule has 0 radical (unpaired) electrons. The number of amides is 2. The van der Waals surface area contributed by atoms with Crippen LogP contribution in [0.15, 0.2) is 41.3 Å². The number of anilines is 2. The van der Waals surface area contributed by atoms with Gasteiger partial charge in [-0.1, -0.05) is 17.7 Å². The number of hydrogen-bond donors (Lipinski definition) is 2. The maximum atomic E-state index is 12.8. The van der Waals surface area contributed by atoms with E-state index < -0.39 is 21.0 Å². The summed E-state index contributed by atoms with van der Waals surface area (Å²) >= 11 is 6.04. The van der Waals surface area contributed by atoms with Crippen molar-refractivity contribution in [1.82, 2.24) is 0 Å². The Morgan fingerprint density at radius 3 is 2.75 bits per heavy atom. The Bertz CT molecular complexity index is 1050. The lowest BCUT2D eigenvalue weighted by Crippen LogP contribution is -2.27. The molecule has 0 saturated heterocycles. The van der Waals surface area contributed by atoms with E-state index in [1.165, 1.54) is 25.1 Å². The highest BCUT2D eigenvalue weighted by Crippen LogP contribution is 2.31. The molecular formula is C19H19ClN2O5S. The van der Waals surface area contributed by atoms with Crippen molar-refractivity contribution in [3.8, 4) is 5.75 Å². The highest BCUT2D eigenvalue weighted by molar-refractivity contribution is 7.92. The molecule has 3 rings (SSSR count). The fourth-order valence-corrected chi connectivity index (χ4v) is 4.28. The lowest BCUT2D eigenvalue weighted by molar-refractivity contribution is -0.118. The maximum absolute atomic E-state index is 12.8. The second kappa shape index (κ2) is 7.81. The molecule has 2 amide bonds. The lowest BCUT2D eigenvalue weighted by Gasteiger charge is -2.19. The van der Waals surface area contributed by atoms with Gasteiger partial charge in [0.2, 0.25) is 5.91 Å². The molecule has 0 fully saturated rings. The minimum Gasteiger partial charge on any atom is -0.482 e. The number of ether oxygens (including phenoxy) is 1. The number of benzene rings is 2. The summed E-state index contributed by atoms with van der Waals surface area (Å²) in [4.78, 5) is 23.7. The van der Waals surface area contributed by atoms with E-state index in [0.29, 0.717) is 22.1 Å². The van der Waals surface area contributed by atoms with Crippen molar-refractivity contribution in [2.45, 2.75) is 30.4 Å². The molecule has 1 atom stereocenters. The van der Waals surface area contributed by atoms with Crippen LogP contribution in [-0.2, 0) is 19.4 Å². The summed E-state index contributed by atoms with van der Waals surface area (Å²) in [6.45, 7) is 3.19. The van der Waals surface area contributed by atoms with Crippen molar-refractivity contribution < 1.29 is 22.7 Å². The number of carbonyl (C=O) groups is 2. The normalized spacial score (nSPS) is 14.5. The quantitative estimate of drug-likeness (QED) is 0.770. The van der Waals surface area contributed by atoms with Crippen LogP contribution in [-0.4, -0.2) is 32.1 Å². The molecule has 0 saturated carbocycles. The van der Waals surface area contributed by atoms with Gasteiger partial charge in [-0.2, -0.15) is 0 Å². The van der Waals surface area contributed by atoms with E-state index in [1.54, 1.807) is 18.2 Å². The summed E-state index contributed by atoms with van der Waals surface area (Å²) in [7, 11) is -3.79. The Morgan fingerprint density at radius 1 is 1.29 bits per heavy atom. The number of rotatable bonds is 5. The molecule has 0 aromatic heterocycles. The Balaban J connectivity index is 1.73. The highest BCUT2D eigenvalue weighted by atomic mass is 35.5. The fraction of sp³-hybridized carbons (Fsp3) is 0.263. The van der Waals surface area contributed by atoms with Crippen molar-refractivity contribution in [2.75, 3.05) is 17.2 Å². The Hall–Kier alpha value is -2.58. The number of sulfone groups is 1. The second-order valence-electron chi connectivity index (χ2n) is 6.57. The highest BCUT2D eigenvalue weighted by Gasteiger charge is 2.28. The smallest absolute Gasteiger partial charge is 0.262 e. The molecule has 9 heteroatoms. The average Bonchev–Trinajstić information content (AvgIpc) is 2.64.